The van der Waals surface area contributed by atoms with Gasteiger partial charge in [-0.1, -0.05) is 6.42 Å². The van der Waals surface area contributed by atoms with Crippen LogP contribution in [0.3, 0.4) is 0 Å². The maximum absolute atomic E-state index is 15.0. The number of carbonyl (C=O) groups excluding carboxylic acids is 1. The molecule has 1 aliphatic carbocycles. The molecule has 0 aromatic heterocycles. The Labute approximate surface area is 190 Å². The Bertz CT molecular complexity index is 931. The first kappa shape index (κ1) is 23.8. The van der Waals surface area contributed by atoms with Crippen LogP contribution in [0.2, 0.25) is 0 Å². The zero-order valence-electron chi connectivity index (χ0n) is 18.8. The molecule has 0 bridgehead atoms. The fraction of sp³-hybridized carbons (Fsp3) is 0.667. The van der Waals surface area contributed by atoms with E-state index in [1.54, 1.807) is 6.07 Å². The fourth-order valence-corrected chi connectivity index (χ4v) is 5.76. The van der Waals surface area contributed by atoms with Crippen LogP contribution in [0.15, 0.2) is 18.2 Å². The second-order valence-electron chi connectivity index (χ2n) is 10.1. The summed E-state index contributed by atoms with van der Waals surface area (Å²) in [5.41, 5.74) is -2.59. The maximum Gasteiger partial charge on any atom is 0.394 e. The third kappa shape index (κ3) is 4.19. The van der Waals surface area contributed by atoms with Gasteiger partial charge >= 0.3 is 12.1 Å². The Kier molecular flexibility index (Phi) is 6.12. The van der Waals surface area contributed by atoms with E-state index in [0.29, 0.717) is 38.0 Å². The first-order valence-corrected chi connectivity index (χ1v) is 11.6. The molecule has 3 fully saturated rings. The number of hydrogen-bond donors (Lipinski definition) is 1. The van der Waals surface area contributed by atoms with Gasteiger partial charge in [0.15, 0.2) is 0 Å². The molecule has 9 heteroatoms. The van der Waals surface area contributed by atoms with E-state index < -0.39 is 34.8 Å². The van der Waals surface area contributed by atoms with Crippen LogP contribution in [0, 0.1) is 17.2 Å². The number of piperidine rings is 1. The zero-order valence-corrected chi connectivity index (χ0v) is 18.8. The number of halogens is 4. The van der Waals surface area contributed by atoms with E-state index in [1.165, 1.54) is 24.0 Å². The van der Waals surface area contributed by atoms with Gasteiger partial charge < -0.3 is 14.9 Å². The Hall–Kier alpha value is -2.32. The van der Waals surface area contributed by atoms with Crippen molar-refractivity contribution in [1.29, 1.82) is 0 Å². The normalized spacial score (nSPS) is 27.4. The van der Waals surface area contributed by atoms with Crippen LogP contribution in [0.5, 0.6) is 0 Å². The van der Waals surface area contributed by atoms with E-state index in [2.05, 4.69) is 0 Å². The molecule has 4 rings (SSSR count). The number of alkyl halides is 3. The Morgan fingerprint density at radius 1 is 1.12 bits per heavy atom. The van der Waals surface area contributed by atoms with Crippen molar-refractivity contribution in [3.8, 4) is 0 Å². The third-order valence-electron chi connectivity index (χ3n) is 8.01. The summed E-state index contributed by atoms with van der Waals surface area (Å²) in [6.45, 7) is 2.76. The van der Waals surface area contributed by atoms with E-state index in [1.807, 2.05) is 4.90 Å². The maximum atomic E-state index is 15.0. The van der Waals surface area contributed by atoms with Crippen LogP contribution in [0.1, 0.15) is 68.6 Å². The highest BCUT2D eigenvalue weighted by Gasteiger charge is 2.58. The van der Waals surface area contributed by atoms with E-state index >= 15 is 0 Å². The van der Waals surface area contributed by atoms with Crippen molar-refractivity contribution >= 4 is 17.6 Å². The summed E-state index contributed by atoms with van der Waals surface area (Å²) in [6.07, 6.45) is -0.827. The highest BCUT2D eigenvalue weighted by Crippen LogP contribution is 2.57. The lowest BCUT2D eigenvalue weighted by Crippen LogP contribution is -2.51. The summed E-state index contributed by atoms with van der Waals surface area (Å²) < 4.78 is 55.8. The number of rotatable bonds is 5. The molecule has 1 aromatic carbocycles. The highest BCUT2D eigenvalue weighted by atomic mass is 19.4. The number of aliphatic carboxylic acids is 1. The molecule has 2 saturated heterocycles. The molecule has 2 atom stereocenters. The van der Waals surface area contributed by atoms with Gasteiger partial charge in [0.05, 0.1) is 11.0 Å². The molecule has 33 heavy (non-hydrogen) atoms. The van der Waals surface area contributed by atoms with Crippen LogP contribution in [-0.2, 0) is 4.79 Å². The Morgan fingerprint density at radius 3 is 2.42 bits per heavy atom. The minimum atomic E-state index is -4.19. The van der Waals surface area contributed by atoms with E-state index in [-0.39, 0.29) is 37.3 Å². The second-order valence-corrected chi connectivity index (χ2v) is 10.1. The fourth-order valence-electron chi connectivity index (χ4n) is 5.76. The minimum Gasteiger partial charge on any atom is -0.480 e. The van der Waals surface area contributed by atoms with Crippen molar-refractivity contribution < 1.29 is 32.3 Å². The van der Waals surface area contributed by atoms with Gasteiger partial charge in [-0.2, -0.15) is 13.2 Å². The average Bonchev–Trinajstić information content (AvgIpc) is 3.12. The number of anilines is 1. The predicted octanol–water partition coefficient (Wildman–Crippen LogP) is 5.24. The molecule has 182 valence electrons. The highest BCUT2D eigenvalue weighted by molar-refractivity contribution is 5.98. The summed E-state index contributed by atoms with van der Waals surface area (Å²) >= 11 is 0. The molecular formula is C24H30F4N2O3. The lowest BCUT2D eigenvalue weighted by Gasteiger charge is -2.47. The molecule has 1 amide bonds. The molecule has 1 unspecified atom stereocenters. The van der Waals surface area contributed by atoms with Crippen molar-refractivity contribution in [3.05, 3.63) is 29.6 Å². The SMILES string of the molecule is C[C@@]1(C(=O)O)CCCN1C(=O)c1ccc(N2CCCC(CC3(C(F)(F)F)CCC3)C2)cc1F. The molecule has 0 spiro atoms. The lowest BCUT2D eigenvalue weighted by molar-refractivity contribution is -0.257. The van der Waals surface area contributed by atoms with Crippen molar-refractivity contribution in [2.45, 2.75) is 70.0 Å². The Balaban J connectivity index is 1.48. The molecule has 3 aliphatic rings. The largest absolute Gasteiger partial charge is 0.480 e. The topological polar surface area (TPSA) is 60.9 Å². The quantitative estimate of drug-likeness (QED) is 0.598. The van der Waals surface area contributed by atoms with Crippen LogP contribution < -0.4 is 4.90 Å². The number of carboxylic acid groups (broad SMARTS) is 1. The van der Waals surface area contributed by atoms with Crippen molar-refractivity contribution in [1.82, 2.24) is 4.90 Å². The van der Waals surface area contributed by atoms with E-state index in [0.717, 1.165) is 12.8 Å². The number of nitrogens with zero attached hydrogens (tertiary/aromatic N) is 2. The molecule has 2 aliphatic heterocycles. The van der Waals surface area contributed by atoms with Crippen LogP contribution in [0.4, 0.5) is 23.2 Å². The second kappa shape index (κ2) is 8.47. The van der Waals surface area contributed by atoms with Gasteiger partial charge in [0.2, 0.25) is 0 Å². The van der Waals surface area contributed by atoms with Gasteiger partial charge in [0.1, 0.15) is 11.4 Å². The molecule has 1 aromatic rings. The van der Waals surface area contributed by atoms with Crippen molar-refractivity contribution in [3.63, 3.8) is 0 Å². The average molecular weight is 471 g/mol. The van der Waals surface area contributed by atoms with E-state index in [4.69, 9.17) is 0 Å². The van der Waals surface area contributed by atoms with Crippen LogP contribution in [-0.4, -0.2) is 53.2 Å². The van der Waals surface area contributed by atoms with Gasteiger partial charge in [0, 0.05) is 25.3 Å². The number of benzene rings is 1. The number of carbonyl (C=O) groups is 2. The van der Waals surface area contributed by atoms with Crippen LogP contribution in [0.25, 0.3) is 0 Å². The molecule has 1 saturated carbocycles. The molecule has 2 heterocycles. The monoisotopic (exact) mass is 470 g/mol. The number of carboxylic acids is 1. The molecule has 5 nitrogen and oxygen atoms in total. The van der Waals surface area contributed by atoms with Gasteiger partial charge in [-0.15, -0.1) is 0 Å². The minimum absolute atomic E-state index is 0.106. The first-order chi connectivity index (χ1) is 15.5. The number of likely N-dealkylation sites (tertiary alicyclic amines) is 1. The summed E-state index contributed by atoms with van der Waals surface area (Å²) in [4.78, 5) is 27.7. The standard InChI is InChI=1S/C24H30F4N2O3/c1-22(21(32)33)8-4-12-30(22)20(31)18-7-6-17(13-19(18)25)29-11-2-5-16(15-29)14-23(9-3-10-23)24(26,27)28/h6-7,13,16H,2-5,8-12,14-15H2,1H3,(H,32,33)/t16?,22-/m0/s1. The zero-order chi connectivity index (χ0) is 24.0. The van der Waals surface area contributed by atoms with Gasteiger partial charge in [0.25, 0.3) is 5.91 Å². The molecule has 0 radical (unpaired) electrons. The molecular weight excluding hydrogens is 440 g/mol. The smallest absolute Gasteiger partial charge is 0.394 e. The summed E-state index contributed by atoms with van der Waals surface area (Å²) in [6, 6.07) is 4.21. The predicted molar refractivity (Wildman–Crippen MR) is 115 cm³/mol. The number of amides is 1. The molecule has 1 N–H and O–H groups in total. The van der Waals surface area contributed by atoms with Gasteiger partial charge in [-0.25, -0.2) is 9.18 Å². The third-order valence-corrected chi connectivity index (χ3v) is 8.01. The van der Waals surface area contributed by atoms with Gasteiger partial charge in [-0.3, -0.25) is 4.79 Å². The number of hydrogen-bond acceptors (Lipinski definition) is 3. The Morgan fingerprint density at radius 2 is 1.85 bits per heavy atom. The lowest BCUT2D eigenvalue weighted by atomic mass is 9.63. The summed E-state index contributed by atoms with van der Waals surface area (Å²) in [5.74, 6) is -2.64. The van der Waals surface area contributed by atoms with Gasteiger partial charge in [-0.05, 0) is 76.0 Å². The van der Waals surface area contributed by atoms with Crippen molar-refractivity contribution in [2.75, 3.05) is 24.5 Å². The van der Waals surface area contributed by atoms with Crippen LogP contribution >= 0.6 is 0 Å². The van der Waals surface area contributed by atoms with Crippen molar-refractivity contribution in [2.24, 2.45) is 11.3 Å². The van der Waals surface area contributed by atoms with E-state index in [9.17, 15) is 32.3 Å². The first-order valence-electron chi connectivity index (χ1n) is 11.6. The summed E-state index contributed by atoms with van der Waals surface area (Å²) in [5, 5.41) is 9.54. The summed E-state index contributed by atoms with van der Waals surface area (Å²) in [7, 11) is 0.